The molecular formula is C23H39N5O2. The molecule has 2 aliphatic heterocycles. The van der Waals surface area contributed by atoms with Crippen molar-refractivity contribution in [3.63, 3.8) is 0 Å². The van der Waals surface area contributed by atoms with Crippen LogP contribution >= 0.6 is 0 Å². The lowest BCUT2D eigenvalue weighted by molar-refractivity contribution is -0.131. The van der Waals surface area contributed by atoms with E-state index in [2.05, 4.69) is 28.6 Å². The lowest BCUT2D eigenvalue weighted by Gasteiger charge is -2.35. The van der Waals surface area contributed by atoms with Gasteiger partial charge in [0, 0.05) is 45.2 Å². The number of carbonyl (C=O) groups excluding carboxylic acids is 1. The summed E-state index contributed by atoms with van der Waals surface area (Å²) in [5.41, 5.74) is 0.750. The minimum atomic E-state index is -0.0917. The van der Waals surface area contributed by atoms with Crippen molar-refractivity contribution in [2.45, 2.75) is 71.8 Å². The molecule has 7 nitrogen and oxygen atoms in total. The van der Waals surface area contributed by atoms with Gasteiger partial charge in [0.1, 0.15) is 0 Å². The number of likely N-dealkylation sites (tertiary alicyclic amines) is 1. The maximum Gasteiger partial charge on any atom is 0.252 e. The van der Waals surface area contributed by atoms with E-state index in [1.165, 1.54) is 32.1 Å². The second-order valence-electron chi connectivity index (χ2n) is 9.05. The van der Waals surface area contributed by atoms with Gasteiger partial charge >= 0.3 is 0 Å². The highest BCUT2D eigenvalue weighted by Gasteiger charge is 2.23. The molecule has 2 saturated heterocycles. The summed E-state index contributed by atoms with van der Waals surface area (Å²) in [5, 5.41) is 0. The number of amides is 1. The van der Waals surface area contributed by atoms with Crippen LogP contribution in [0.5, 0.6) is 0 Å². The average Bonchev–Trinajstić information content (AvgIpc) is 2.75. The first kappa shape index (κ1) is 22.8. The number of H-pyrrole nitrogens is 1. The van der Waals surface area contributed by atoms with Gasteiger partial charge in [0.05, 0.1) is 5.69 Å². The van der Waals surface area contributed by atoms with Gasteiger partial charge in [0.25, 0.3) is 5.56 Å². The zero-order valence-corrected chi connectivity index (χ0v) is 18.9. The highest BCUT2D eigenvalue weighted by Crippen LogP contribution is 2.18. The van der Waals surface area contributed by atoms with Gasteiger partial charge in [-0.05, 0) is 38.3 Å². The number of hydrogen-bond acceptors (Lipinski definition) is 5. The van der Waals surface area contributed by atoms with Crippen molar-refractivity contribution in [3.8, 4) is 0 Å². The maximum atomic E-state index is 12.5. The highest BCUT2D eigenvalue weighted by molar-refractivity contribution is 5.76. The molecule has 1 amide bonds. The van der Waals surface area contributed by atoms with E-state index in [9.17, 15) is 9.59 Å². The van der Waals surface area contributed by atoms with Gasteiger partial charge in [-0.3, -0.25) is 19.5 Å². The number of unbranched alkanes of at least 4 members (excludes halogenated alkanes) is 4. The molecule has 2 fully saturated rings. The summed E-state index contributed by atoms with van der Waals surface area (Å²) in [6.45, 7) is 10.2. The predicted octanol–water partition coefficient (Wildman–Crippen LogP) is 3.01. The summed E-state index contributed by atoms with van der Waals surface area (Å²) in [6, 6.07) is 1.62. The van der Waals surface area contributed by atoms with Crippen molar-refractivity contribution >= 4 is 11.9 Å². The molecule has 0 aliphatic carbocycles. The molecule has 0 atom stereocenters. The van der Waals surface area contributed by atoms with Crippen molar-refractivity contribution in [3.05, 3.63) is 22.1 Å². The van der Waals surface area contributed by atoms with Crippen molar-refractivity contribution < 1.29 is 4.79 Å². The van der Waals surface area contributed by atoms with E-state index < -0.39 is 0 Å². The summed E-state index contributed by atoms with van der Waals surface area (Å²) >= 11 is 0. The first-order chi connectivity index (χ1) is 14.5. The average molecular weight is 418 g/mol. The van der Waals surface area contributed by atoms with Gasteiger partial charge in [0.2, 0.25) is 11.9 Å². The molecule has 0 bridgehead atoms. The van der Waals surface area contributed by atoms with E-state index >= 15 is 0 Å². The van der Waals surface area contributed by atoms with Crippen LogP contribution in [0.1, 0.15) is 70.9 Å². The molecule has 3 rings (SSSR count). The van der Waals surface area contributed by atoms with Gasteiger partial charge in [-0.1, -0.05) is 39.5 Å². The molecule has 168 valence electrons. The molecule has 0 spiro atoms. The molecule has 1 N–H and O–H groups in total. The molecule has 30 heavy (non-hydrogen) atoms. The van der Waals surface area contributed by atoms with Gasteiger partial charge in [-0.25, -0.2) is 4.98 Å². The molecule has 7 heteroatoms. The summed E-state index contributed by atoms with van der Waals surface area (Å²) < 4.78 is 0. The van der Waals surface area contributed by atoms with E-state index in [0.29, 0.717) is 25.5 Å². The van der Waals surface area contributed by atoms with Gasteiger partial charge in [-0.2, -0.15) is 0 Å². The van der Waals surface area contributed by atoms with Crippen LogP contribution in [0.3, 0.4) is 0 Å². The van der Waals surface area contributed by atoms with Crippen LogP contribution in [0, 0.1) is 5.92 Å². The third-order valence-corrected chi connectivity index (χ3v) is 6.47. The Hall–Kier alpha value is -1.89. The molecule has 0 saturated carbocycles. The molecule has 1 aromatic heterocycles. The fourth-order valence-electron chi connectivity index (χ4n) is 4.38. The van der Waals surface area contributed by atoms with Crippen LogP contribution in [0.2, 0.25) is 0 Å². The molecule has 2 aliphatic rings. The number of aromatic amines is 1. The van der Waals surface area contributed by atoms with E-state index in [1.807, 2.05) is 4.90 Å². The predicted molar refractivity (Wildman–Crippen MR) is 121 cm³/mol. The van der Waals surface area contributed by atoms with E-state index in [-0.39, 0.29) is 11.5 Å². The van der Waals surface area contributed by atoms with E-state index in [1.54, 1.807) is 6.07 Å². The Morgan fingerprint density at radius 1 is 1.07 bits per heavy atom. The van der Waals surface area contributed by atoms with Gasteiger partial charge in [0.15, 0.2) is 0 Å². The van der Waals surface area contributed by atoms with Crippen molar-refractivity contribution in [2.75, 3.05) is 44.2 Å². The fraction of sp³-hybridized carbons (Fsp3) is 0.783. The van der Waals surface area contributed by atoms with Crippen LogP contribution in [0.15, 0.2) is 10.9 Å². The Labute approximate surface area is 180 Å². The Morgan fingerprint density at radius 2 is 1.77 bits per heavy atom. The number of nitrogens with zero attached hydrogens (tertiary/aromatic N) is 4. The molecular weight excluding hydrogens is 378 g/mol. The summed E-state index contributed by atoms with van der Waals surface area (Å²) in [7, 11) is 0. The lowest BCUT2D eigenvalue weighted by Crippen LogP contribution is -2.49. The topological polar surface area (TPSA) is 72.5 Å². The number of aromatic nitrogens is 2. The maximum absolute atomic E-state index is 12.5. The zero-order valence-electron chi connectivity index (χ0n) is 18.9. The number of anilines is 1. The quantitative estimate of drug-likeness (QED) is 0.625. The van der Waals surface area contributed by atoms with Crippen LogP contribution < -0.4 is 10.5 Å². The SMILES string of the molecule is CCCCCCCC(=O)N1CCN(c2nc(CN3CCC(C)CC3)cc(=O)[nH]2)CC1. The summed E-state index contributed by atoms with van der Waals surface area (Å²) in [5.74, 6) is 1.70. The zero-order chi connectivity index (χ0) is 21.3. The second kappa shape index (κ2) is 11.5. The Kier molecular flexibility index (Phi) is 8.73. The highest BCUT2D eigenvalue weighted by atomic mass is 16.2. The molecule has 1 aromatic rings. The largest absolute Gasteiger partial charge is 0.339 e. The molecule has 3 heterocycles. The number of carbonyl (C=O) groups is 1. The van der Waals surface area contributed by atoms with Crippen molar-refractivity contribution in [2.24, 2.45) is 5.92 Å². The standard InChI is InChI=1S/C23H39N5O2/c1-3-4-5-6-7-8-22(30)27-13-15-28(16-14-27)23-24-20(17-21(29)25-23)18-26-11-9-19(2)10-12-26/h17,19H,3-16,18H2,1-2H3,(H,24,25,29). The number of piperidine rings is 1. The normalized spacial score (nSPS) is 18.7. The smallest absolute Gasteiger partial charge is 0.252 e. The third kappa shape index (κ3) is 6.83. The Morgan fingerprint density at radius 3 is 2.47 bits per heavy atom. The van der Waals surface area contributed by atoms with Gasteiger partial charge in [-0.15, -0.1) is 0 Å². The van der Waals surface area contributed by atoms with Crippen molar-refractivity contribution in [1.29, 1.82) is 0 Å². The molecule has 0 aromatic carbocycles. The first-order valence-corrected chi connectivity index (χ1v) is 11.9. The number of nitrogens with one attached hydrogen (secondary N) is 1. The van der Waals surface area contributed by atoms with E-state index in [0.717, 1.165) is 57.2 Å². The van der Waals surface area contributed by atoms with Crippen molar-refractivity contribution in [1.82, 2.24) is 19.8 Å². The molecule has 0 unspecified atom stereocenters. The number of rotatable bonds is 9. The molecule has 0 radical (unpaired) electrons. The first-order valence-electron chi connectivity index (χ1n) is 11.9. The Balaban J connectivity index is 1.48. The second-order valence-corrected chi connectivity index (χ2v) is 9.05. The monoisotopic (exact) mass is 417 g/mol. The van der Waals surface area contributed by atoms with Crippen LogP contribution in [-0.2, 0) is 11.3 Å². The third-order valence-electron chi connectivity index (χ3n) is 6.47. The summed E-state index contributed by atoms with van der Waals surface area (Å²) in [6.07, 6.45) is 8.93. The van der Waals surface area contributed by atoms with E-state index in [4.69, 9.17) is 4.98 Å². The minimum Gasteiger partial charge on any atom is -0.339 e. The lowest BCUT2D eigenvalue weighted by atomic mass is 9.99. The Bertz CT molecular complexity index is 719. The van der Waals surface area contributed by atoms with Crippen LogP contribution in [0.25, 0.3) is 0 Å². The van der Waals surface area contributed by atoms with Crippen LogP contribution in [-0.4, -0.2) is 64.9 Å². The summed E-state index contributed by atoms with van der Waals surface area (Å²) in [4.78, 5) is 38.8. The fourth-order valence-corrected chi connectivity index (χ4v) is 4.38. The van der Waals surface area contributed by atoms with Crippen LogP contribution in [0.4, 0.5) is 5.95 Å². The number of hydrogen-bond donors (Lipinski definition) is 1. The van der Waals surface area contributed by atoms with Gasteiger partial charge < -0.3 is 9.80 Å². The number of piperazine rings is 1. The minimum absolute atomic E-state index is 0.0917.